The minimum absolute atomic E-state index is 0.115. The number of ether oxygens (including phenoxy) is 1. The second kappa shape index (κ2) is 6.71. The predicted molar refractivity (Wildman–Crippen MR) is 62.6 cm³/mol. The number of rotatable bonds is 5. The van der Waals surface area contributed by atoms with Crippen LogP contribution in [0.25, 0.3) is 0 Å². The highest BCUT2D eigenvalue weighted by Gasteiger charge is 2.02. The molecule has 1 amide bonds. The third-order valence-electron chi connectivity index (χ3n) is 2.07. The first-order valence-electron chi connectivity index (χ1n) is 5.45. The van der Waals surface area contributed by atoms with Crippen molar-refractivity contribution < 1.29 is 14.6 Å². The fourth-order valence-electron chi connectivity index (χ4n) is 1.25. The van der Waals surface area contributed by atoms with Gasteiger partial charge in [0.15, 0.2) is 0 Å². The highest BCUT2D eigenvalue weighted by molar-refractivity contribution is 5.84. The van der Waals surface area contributed by atoms with Gasteiger partial charge in [0.25, 0.3) is 0 Å². The Bertz CT molecular complexity index is 339. The number of anilines is 1. The van der Waals surface area contributed by atoms with Crippen LogP contribution in [0.4, 0.5) is 10.5 Å². The third-order valence-corrected chi connectivity index (χ3v) is 2.07. The number of amides is 1. The number of benzene rings is 1. The van der Waals surface area contributed by atoms with E-state index in [4.69, 9.17) is 4.74 Å². The SMILES string of the molecule is CCCCCOC(=O)Nc1cccc(O)c1. The Morgan fingerprint density at radius 1 is 1.44 bits per heavy atom. The van der Waals surface area contributed by atoms with Gasteiger partial charge in [0.2, 0.25) is 0 Å². The molecule has 0 aromatic heterocycles. The highest BCUT2D eigenvalue weighted by atomic mass is 16.5. The van der Waals surface area contributed by atoms with Crippen LogP contribution in [0.1, 0.15) is 26.2 Å². The Balaban J connectivity index is 2.29. The average Bonchev–Trinajstić information content (AvgIpc) is 2.24. The highest BCUT2D eigenvalue weighted by Crippen LogP contribution is 2.15. The lowest BCUT2D eigenvalue weighted by Crippen LogP contribution is -2.14. The summed E-state index contributed by atoms with van der Waals surface area (Å²) in [5.74, 6) is 0.115. The van der Waals surface area contributed by atoms with Crippen LogP contribution in [0, 0.1) is 0 Å². The summed E-state index contributed by atoms with van der Waals surface area (Å²) in [6.07, 6.45) is 2.54. The second-order valence-corrected chi connectivity index (χ2v) is 3.52. The summed E-state index contributed by atoms with van der Waals surface area (Å²) in [4.78, 5) is 11.3. The van der Waals surface area contributed by atoms with Crippen LogP contribution in [0.3, 0.4) is 0 Å². The molecule has 88 valence electrons. The van der Waals surface area contributed by atoms with Gasteiger partial charge in [0, 0.05) is 11.8 Å². The van der Waals surface area contributed by atoms with Gasteiger partial charge in [0.1, 0.15) is 5.75 Å². The number of hydrogen-bond donors (Lipinski definition) is 2. The lowest BCUT2D eigenvalue weighted by molar-refractivity contribution is 0.159. The van der Waals surface area contributed by atoms with E-state index < -0.39 is 6.09 Å². The molecule has 0 bridgehead atoms. The fourth-order valence-corrected chi connectivity index (χ4v) is 1.25. The third kappa shape index (κ3) is 4.68. The molecule has 0 saturated heterocycles. The van der Waals surface area contributed by atoms with Crippen LogP contribution in [-0.4, -0.2) is 17.8 Å². The van der Waals surface area contributed by atoms with E-state index in [1.807, 2.05) is 0 Å². The predicted octanol–water partition coefficient (Wildman–Crippen LogP) is 3.13. The lowest BCUT2D eigenvalue weighted by atomic mass is 10.3. The summed E-state index contributed by atoms with van der Waals surface area (Å²) in [6, 6.07) is 6.35. The molecule has 0 fully saturated rings. The van der Waals surface area contributed by atoms with Crippen molar-refractivity contribution in [2.24, 2.45) is 0 Å². The van der Waals surface area contributed by atoms with E-state index in [0.29, 0.717) is 12.3 Å². The molecule has 1 aromatic rings. The number of phenolic OH excluding ortho intramolecular Hbond substituents is 1. The standard InChI is InChI=1S/C12H17NO3/c1-2-3-4-8-16-12(15)13-10-6-5-7-11(14)9-10/h5-7,9,14H,2-4,8H2,1H3,(H,13,15). The molecule has 0 saturated carbocycles. The van der Waals surface area contributed by atoms with Crippen molar-refractivity contribution in [1.29, 1.82) is 0 Å². The van der Waals surface area contributed by atoms with E-state index in [0.717, 1.165) is 19.3 Å². The van der Waals surface area contributed by atoms with E-state index >= 15 is 0 Å². The van der Waals surface area contributed by atoms with Gasteiger partial charge in [0.05, 0.1) is 6.61 Å². The van der Waals surface area contributed by atoms with Crippen LogP contribution >= 0.6 is 0 Å². The van der Waals surface area contributed by atoms with Crippen molar-refractivity contribution in [2.45, 2.75) is 26.2 Å². The van der Waals surface area contributed by atoms with Gasteiger partial charge in [-0.05, 0) is 18.6 Å². The van der Waals surface area contributed by atoms with Crippen LogP contribution in [0.5, 0.6) is 5.75 Å². The topological polar surface area (TPSA) is 58.6 Å². The van der Waals surface area contributed by atoms with Crippen molar-refractivity contribution >= 4 is 11.8 Å². The Labute approximate surface area is 95.2 Å². The zero-order valence-corrected chi connectivity index (χ0v) is 9.40. The molecule has 0 unspecified atom stereocenters. The van der Waals surface area contributed by atoms with E-state index in [9.17, 15) is 9.90 Å². The molecule has 0 radical (unpaired) electrons. The number of unbranched alkanes of at least 4 members (excludes halogenated alkanes) is 2. The number of aromatic hydroxyl groups is 1. The Kier molecular flexibility index (Phi) is 5.19. The molecule has 4 heteroatoms. The summed E-state index contributed by atoms with van der Waals surface area (Å²) in [7, 11) is 0. The molecule has 16 heavy (non-hydrogen) atoms. The summed E-state index contributed by atoms with van der Waals surface area (Å²) in [5.41, 5.74) is 0.528. The first-order valence-corrected chi connectivity index (χ1v) is 5.45. The number of carbonyl (C=O) groups excluding carboxylic acids is 1. The summed E-state index contributed by atoms with van der Waals surface area (Å²) in [6.45, 7) is 2.52. The number of carbonyl (C=O) groups is 1. The Morgan fingerprint density at radius 2 is 2.25 bits per heavy atom. The van der Waals surface area contributed by atoms with Crippen molar-refractivity contribution in [2.75, 3.05) is 11.9 Å². The minimum atomic E-state index is -0.485. The minimum Gasteiger partial charge on any atom is -0.508 e. The van der Waals surface area contributed by atoms with E-state index in [1.165, 1.54) is 12.1 Å². The average molecular weight is 223 g/mol. The molecule has 0 aliphatic heterocycles. The quantitative estimate of drug-likeness (QED) is 0.754. The first kappa shape index (κ1) is 12.4. The Hall–Kier alpha value is -1.71. The van der Waals surface area contributed by atoms with E-state index in [-0.39, 0.29) is 5.75 Å². The largest absolute Gasteiger partial charge is 0.508 e. The van der Waals surface area contributed by atoms with Gasteiger partial charge >= 0.3 is 6.09 Å². The molecule has 0 heterocycles. The van der Waals surface area contributed by atoms with Gasteiger partial charge in [-0.25, -0.2) is 4.79 Å². The maximum Gasteiger partial charge on any atom is 0.411 e. The van der Waals surface area contributed by atoms with Gasteiger partial charge < -0.3 is 9.84 Å². The van der Waals surface area contributed by atoms with Crippen molar-refractivity contribution in [1.82, 2.24) is 0 Å². The van der Waals surface area contributed by atoms with E-state index in [1.54, 1.807) is 12.1 Å². The first-order chi connectivity index (χ1) is 7.72. The van der Waals surface area contributed by atoms with Crippen molar-refractivity contribution in [3.8, 4) is 5.75 Å². The lowest BCUT2D eigenvalue weighted by Gasteiger charge is -2.06. The zero-order valence-electron chi connectivity index (χ0n) is 9.40. The van der Waals surface area contributed by atoms with Crippen LogP contribution in [0.15, 0.2) is 24.3 Å². The van der Waals surface area contributed by atoms with Crippen molar-refractivity contribution in [3.63, 3.8) is 0 Å². The van der Waals surface area contributed by atoms with Crippen LogP contribution in [-0.2, 0) is 4.74 Å². The van der Waals surface area contributed by atoms with Gasteiger partial charge in [-0.1, -0.05) is 25.8 Å². The maximum absolute atomic E-state index is 11.3. The molecule has 1 rings (SSSR count). The molecule has 1 aromatic carbocycles. The van der Waals surface area contributed by atoms with Crippen molar-refractivity contribution in [3.05, 3.63) is 24.3 Å². The van der Waals surface area contributed by atoms with Gasteiger partial charge in [-0.2, -0.15) is 0 Å². The number of phenols is 1. The van der Waals surface area contributed by atoms with Gasteiger partial charge in [-0.15, -0.1) is 0 Å². The molecule has 0 aliphatic carbocycles. The molecule has 2 N–H and O–H groups in total. The van der Waals surface area contributed by atoms with Crippen LogP contribution < -0.4 is 5.32 Å². The number of nitrogens with one attached hydrogen (secondary N) is 1. The Morgan fingerprint density at radius 3 is 2.94 bits per heavy atom. The summed E-state index contributed by atoms with van der Waals surface area (Å²) in [5, 5.41) is 11.7. The number of hydrogen-bond acceptors (Lipinski definition) is 3. The monoisotopic (exact) mass is 223 g/mol. The molecule has 4 nitrogen and oxygen atoms in total. The fraction of sp³-hybridized carbons (Fsp3) is 0.417. The smallest absolute Gasteiger partial charge is 0.411 e. The zero-order chi connectivity index (χ0) is 11.8. The molecule has 0 atom stereocenters. The maximum atomic E-state index is 11.3. The normalized spacial score (nSPS) is 9.81. The van der Waals surface area contributed by atoms with Gasteiger partial charge in [-0.3, -0.25) is 5.32 Å². The molecule has 0 spiro atoms. The van der Waals surface area contributed by atoms with Crippen LogP contribution in [0.2, 0.25) is 0 Å². The molecular weight excluding hydrogens is 206 g/mol. The summed E-state index contributed by atoms with van der Waals surface area (Å²) >= 11 is 0. The van der Waals surface area contributed by atoms with E-state index in [2.05, 4.69) is 12.2 Å². The summed E-state index contributed by atoms with van der Waals surface area (Å²) < 4.78 is 4.96. The molecular formula is C12H17NO3. The molecule has 0 aliphatic rings. The second-order valence-electron chi connectivity index (χ2n) is 3.52.